The highest BCUT2D eigenvalue weighted by Crippen LogP contribution is 2.29. The first-order valence-electron chi connectivity index (χ1n) is 10.2. The van der Waals surface area contributed by atoms with Gasteiger partial charge in [-0.1, -0.05) is 17.7 Å². The average Bonchev–Trinajstić information content (AvgIpc) is 2.82. The van der Waals surface area contributed by atoms with Crippen molar-refractivity contribution < 1.29 is 9.90 Å². The van der Waals surface area contributed by atoms with Gasteiger partial charge in [0.2, 0.25) is 0 Å². The first-order chi connectivity index (χ1) is 15.1. The number of halogens is 1. The van der Waals surface area contributed by atoms with Gasteiger partial charge in [-0.25, -0.2) is 4.98 Å². The summed E-state index contributed by atoms with van der Waals surface area (Å²) in [5.74, 6) is 0.616. The molecule has 1 aliphatic heterocycles. The summed E-state index contributed by atoms with van der Waals surface area (Å²) >= 11 is 6.32. The molecule has 0 spiro atoms. The molecule has 1 amide bonds. The zero-order valence-corrected chi connectivity index (χ0v) is 17.8. The number of nitrogens with one attached hydrogen (secondary N) is 1. The molecule has 1 fully saturated rings. The van der Waals surface area contributed by atoms with E-state index < -0.39 is 0 Å². The van der Waals surface area contributed by atoms with Crippen LogP contribution in [0, 0.1) is 0 Å². The van der Waals surface area contributed by atoms with Crippen molar-refractivity contribution in [1.29, 1.82) is 0 Å². The van der Waals surface area contributed by atoms with E-state index in [9.17, 15) is 4.79 Å². The van der Waals surface area contributed by atoms with Crippen molar-refractivity contribution in [2.45, 2.75) is 0 Å². The van der Waals surface area contributed by atoms with Crippen molar-refractivity contribution in [3.05, 3.63) is 71.5 Å². The second-order valence-electron chi connectivity index (χ2n) is 7.32. The molecular formula is C23H24ClN5O2. The fraction of sp³-hybridized carbons (Fsp3) is 0.261. The summed E-state index contributed by atoms with van der Waals surface area (Å²) in [6, 6.07) is 14.6. The number of amides is 1. The monoisotopic (exact) mass is 437 g/mol. The minimum absolute atomic E-state index is 0.180. The Morgan fingerprint density at radius 3 is 2.58 bits per heavy atom. The highest BCUT2D eigenvalue weighted by atomic mass is 35.5. The molecule has 0 atom stereocenters. The highest BCUT2D eigenvalue weighted by Gasteiger charge is 2.18. The molecule has 160 valence electrons. The Morgan fingerprint density at radius 2 is 1.90 bits per heavy atom. The number of aliphatic hydroxyl groups excluding tert-OH is 1. The molecule has 1 saturated heterocycles. The first kappa shape index (κ1) is 21.2. The van der Waals surface area contributed by atoms with Gasteiger partial charge in [0.1, 0.15) is 5.82 Å². The summed E-state index contributed by atoms with van der Waals surface area (Å²) in [5, 5.41) is 12.5. The molecule has 0 unspecified atom stereocenters. The standard InChI is InChI=1S/C23H24ClN5O2/c24-20-6-5-18(15-19(20)21-3-1-2-8-25-21)27-23(31)17-4-7-22(26-16-17)29-11-9-28(10-12-29)13-14-30/h1-8,15-16,30H,9-14H2,(H,27,31). The number of β-amino-alcohol motifs (C(OH)–C–C–N with tert-alkyl or cyclic N) is 1. The summed E-state index contributed by atoms with van der Waals surface area (Å²) in [6.07, 6.45) is 3.30. The zero-order valence-electron chi connectivity index (χ0n) is 17.0. The van der Waals surface area contributed by atoms with Crippen LogP contribution in [-0.4, -0.2) is 65.2 Å². The number of aliphatic hydroxyl groups is 1. The predicted octanol–water partition coefficient (Wildman–Crippen LogP) is 3.16. The maximum atomic E-state index is 12.7. The van der Waals surface area contributed by atoms with Gasteiger partial charge in [0, 0.05) is 56.4 Å². The lowest BCUT2D eigenvalue weighted by molar-refractivity contribution is 0.102. The van der Waals surface area contributed by atoms with Crippen LogP contribution >= 0.6 is 11.6 Å². The number of aromatic nitrogens is 2. The molecule has 2 N–H and O–H groups in total. The Hall–Kier alpha value is -3.00. The second kappa shape index (κ2) is 9.87. The molecule has 8 heteroatoms. The Bertz CT molecular complexity index is 1020. The van der Waals surface area contributed by atoms with Crippen LogP contribution in [0.5, 0.6) is 0 Å². The van der Waals surface area contributed by atoms with E-state index in [1.165, 1.54) is 0 Å². The molecule has 2 aromatic heterocycles. The number of hydrogen-bond acceptors (Lipinski definition) is 6. The predicted molar refractivity (Wildman–Crippen MR) is 123 cm³/mol. The number of anilines is 2. The highest BCUT2D eigenvalue weighted by molar-refractivity contribution is 6.33. The first-order valence-corrected chi connectivity index (χ1v) is 10.6. The second-order valence-corrected chi connectivity index (χ2v) is 7.73. The molecule has 1 aliphatic rings. The van der Waals surface area contributed by atoms with E-state index in [2.05, 4.69) is 25.1 Å². The van der Waals surface area contributed by atoms with E-state index >= 15 is 0 Å². The van der Waals surface area contributed by atoms with Gasteiger partial charge in [-0.05, 0) is 42.5 Å². The molecule has 4 rings (SSSR count). The number of pyridine rings is 2. The fourth-order valence-corrected chi connectivity index (χ4v) is 3.79. The van der Waals surface area contributed by atoms with Crippen LogP contribution in [-0.2, 0) is 0 Å². The number of carbonyl (C=O) groups excluding carboxylic acids is 1. The van der Waals surface area contributed by atoms with E-state index in [-0.39, 0.29) is 12.5 Å². The number of nitrogens with zero attached hydrogens (tertiary/aromatic N) is 4. The number of rotatable bonds is 6. The Morgan fingerprint density at radius 1 is 1.06 bits per heavy atom. The molecule has 31 heavy (non-hydrogen) atoms. The third-order valence-corrected chi connectivity index (χ3v) is 5.62. The largest absolute Gasteiger partial charge is 0.395 e. The summed E-state index contributed by atoms with van der Waals surface area (Å²) < 4.78 is 0. The van der Waals surface area contributed by atoms with Gasteiger partial charge in [0.15, 0.2) is 0 Å². The molecule has 1 aromatic carbocycles. The SMILES string of the molecule is O=C(Nc1ccc(Cl)c(-c2ccccn2)c1)c1ccc(N2CCN(CCO)CC2)nc1. The zero-order chi connectivity index (χ0) is 21.6. The van der Waals surface area contributed by atoms with E-state index in [0.717, 1.165) is 43.3 Å². The van der Waals surface area contributed by atoms with Gasteiger partial charge in [-0.15, -0.1) is 0 Å². The molecular weight excluding hydrogens is 414 g/mol. The Labute approximate surface area is 186 Å². The smallest absolute Gasteiger partial charge is 0.257 e. The third-order valence-electron chi connectivity index (χ3n) is 5.29. The van der Waals surface area contributed by atoms with E-state index in [4.69, 9.17) is 16.7 Å². The van der Waals surface area contributed by atoms with E-state index in [1.54, 1.807) is 30.6 Å². The lowest BCUT2D eigenvalue weighted by Crippen LogP contribution is -2.47. The van der Waals surface area contributed by atoms with Crippen molar-refractivity contribution in [2.75, 3.05) is 49.5 Å². The molecule has 3 aromatic rings. The van der Waals surface area contributed by atoms with Crippen LogP contribution in [0.25, 0.3) is 11.3 Å². The van der Waals surface area contributed by atoms with Crippen LogP contribution in [0.3, 0.4) is 0 Å². The van der Waals surface area contributed by atoms with Crippen molar-refractivity contribution in [3.63, 3.8) is 0 Å². The number of benzene rings is 1. The maximum absolute atomic E-state index is 12.7. The van der Waals surface area contributed by atoms with Crippen LogP contribution < -0.4 is 10.2 Å². The average molecular weight is 438 g/mol. The van der Waals surface area contributed by atoms with Crippen molar-refractivity contribution in [2.24, 2.45) is 0 Å². The molecule has 7 nitrogen and oxygen atoms in total. The minimum atomic E-state index is -0.235. The van der Waals surface area contributed by atoms with Crippen LogP contribution in [0.2, 0.25) is 5.02 Å². The van der Waals surface area contributed by atoms with Gasteiger partial charge < -0.3 is 15.3 Å². The van der Waals surface area contributed by atoms with Gasteiger partial charge in [-0.2, -0.15) is 0 Å². The topological polar surface area (TPSA) is 81.6 Å². The number of hydrogen-bond donors (Lipinski definition) is 2. The third kappa shape index (κ3) is 5.19. The number of carbonyl (C=O) groups is 1. The van der Waals surface area contributed by atoms with Gasteiger partial charge in [-0.3, -0.25) is 14.7 Å². The quantitative estimate of drug-likeness (QED) is 0.616. The molecule has 0 bridgehead atoms. The lowest BCUT2D eigenvalue weighted by atomic mass is 10.1. The lowest BCUT2D eigenvalue weighted by Gasteiger charge is -2.35. The van der Waals surface area contributed by atoms with Gasteiger partial charge in [0.25, 0.3) is 5.91 Å². The Balaban J connectivity index is 1.42. The summed E-state index contributed by atoms with van der Waals surface area (Å²) in [5.41, 5.74) is 2.62. The molecule has 3 heterocycles. The van der Waals surface area contributed by atoms with Gasteiger partial charge >= 0.3 is 0 Å². The van der Waals surface area contributed by atoms with Crippen molar-refractivity contribution >= 4 is 29.0 Å². The van der Waals surface area contributed by atoms with Crippen molar-refractivity contribution in [1.82, 2.24) is 14.9 Å². The Kier molecular flexibility index (Phi) is 6.76. The van der Waals surface area contributed by atoms with Crippen LogP contribution in [0.15, 0.2) is 60.9 Å². The van der Waals surface area contributed by atoms with Crippen molar-refractivity contribution in [3.8, 4) is 11.3 Å². The van der Waals surface area contributed by atoms with E-state index in [0.29, 0.717) is 22.8 Å². The summed E-state index contributed by atoms with van der Waals surface area (Å²) in [7, 11) is 0. The summed E-state index contributed by atoms with van der Waals surface area (Å²) in [4.78, 5) is 25.9. The molecule has 0 aliphatic carbocycles. The molecule has 0 radical (unpaired) electrons. The fourth-order valence-electron chi connectivity index (χ4n) is 3.57. The molecule has 0 saturated carbocycles. The minimum Gasteiger partial charge on any atom is -0.395 e. The summed E-state index contributed by atoms with van der Waals surface area (Å²) in [6.45, 7) is 4.35. The van der Waals surface area contributed by atoms with E-state index in [1.807, 2.05) is 30.3 Å². The van der Waals surface area contributed by atoms with Crippen LogP contribution in [0.4, 0.5) is 11.5 Å². The normalized spacial score (nSPS) is 14.5. The maximum Gasteiger partial charge on any atom is 0.257 e. The van der Waals surface area contributed by atoms with Crippen LogP contribution in [0.1, 0.15) is 10.4 Å². The number of piperazine rings is 1. The van der Waals surface area contributed by atoms with Gasteiger partial charge in [0.05, 0.1) is 22.9 Å².